The lowest BCUT2D eigenvalue weighted by Crippen LogP contribution is -2.30. The molecule has 1 saturated heterocycles. The lowest BCUT2D eigenvalue weighted by Gasteiger charge is -2.25. The Morgan fingerprint density at radius 2 is 1.85 bits per heavy atom. The lowest BCUT2D eigenvalue weighted by atomic mass is 9.98. The van der Waals surface area contributed by atoms with Gasteiger partial charge in [0.2, 0.25) is 0 Å². The van der Waals surface area contributed by atoms with Crippen LogP contribution in [0.2, 0.25) is 0 Å². The summed E-state index contributed by atoms with van der Waals surface area (Å²) in [6, 6.07) is 12.7. The number of amides is 1. The Morgan fingerprint density at radius 3 is 2.48 bits per heavy atom. The Hall–Kier alpha value is -4.07. The SMILES string of the molecule is CCCOc1ccc(/C(O)=C2\C(=O)C(=O)N(c3ccc(F)cc3F)C2c2ccccn2)cc1. The largest absolute Gasteiger partial charge is 0.507 e. The van der Waals surface area contributed by atoms with Crippen molar-refractivity contribution < 1.29 is 28.2 Å². The summed E-state index contributed by atoms with van der Waals surface area (Å²) < 4.78 is 33.6. The van der Waals surface area contributed by atoms with Gasteiger partial charge in [-0.25, -0.2) is 8.78 Å². The smallest absolute Gasteiger partial charge is 0.300 e. The molecule has 0 bridgehead atoms. The summed E-state index contributed by atoms with van der Waals surface area (Å²) in [7, 11) is 0. The fourth-order valence-corrected chi connectivity index (χ4v) is 3.66. The number of halogens is 2. The summed E-state index contributed by atoms with van der Waals surface area (Å²) in [6.45, 7) is 2.50. The first-order chi connectivity index (χ1) is 15.9. The molecule has 33 heavy (non-hydrogen) atoms. The van der Waals surface area contributed by atoms with Gasteiger partial charge in [-0.1, -0.05) is 13.0 Å². The second-order valence-corrected chi connectivity index (χ2v) is 7.39. The highest BCUT2D eigenvalue weighted by molar-refractivity contribution is 6.51. The molecule has 4 rings (SSSR count). The van der Waals surface area contributed by atoms with E-state index in [0.717, 1.165) is 23.5 Å². The van der Waals surface area contributed by atoms with E-state index in [-0.39, 0.29) is 22.5 Å². The zero-order valence-electron chi connectivity index (χ0n) is 17.7. The molecule has 2 aromatic carbocycles. The van der Waals surface area contributed by atoms with Crippen molar-refractivity contribution >= 4 is 23.1 Å². The van der Waals surface area contributed by atoms with Crippen LogP contribution in [0.3, 0.4) is 0 Å². The topological polar surface area (TPSA) is 79.7 Å². The van der Waals surface area contributed by atoms with Crippen molar-refractivity contribution in [2.75, 3.05) is 11.5 Å². The minimum absolute atomic E-state index is 0.241. The number of carbonyl (C=O) groups excluding carboxylic acids is 2. The average molecular weight is 450 g/mol. The van der Waals surface area contributed by atoms with Crippen LogP contribution in [0, 0.1) is 11.6 Å². The van der Waals surface area contributed by atoms with Crippen LogP contribution >= 0.6 is 0 Å². The number of pyridine rings is 1. The predicted molar refractivity (Wildman–Crippen MR) is 118 cm³/mol. The number of anilines is 1. The zero-order valence-corrected chi connectivity index (χ0v) is 17.7. The first-order valence-corrected chi connectivity index (χ1v) is 10.3. The minimum Gasteiger partial charge on any atom is -0.507 e. The van der Waals surface area contributed by atoms with Crippen molar-refractivity contribution in [3.05, 3.63) is 95.3 Å². The van der Waals surface area contributed by atoms with Crippen LogP contribution in [0.4, 0.5) is 14.5 Å². The number of benzene rings is 2. The van der Waals surface area contributed by atoms with Gasteiger partial charge in [-0.2, -0.15) is 0 Å². The van der Waals surface area contributed by atoms with Gasteiger partial charge in [0.15, 0.2) is 0 Å². The van der Waals surface area contributed by atoms with E-state index < -0.39 is 35.1 Å². The third-order valence-electron chi connectivity index (χ3n) is 5.18. The van der Waals surface area contributed by atoms with Gasteiger partial charge in [-0.05, 0) is 55.0 Å². The van der Waals surface area contributed by atoms with Crippen LogP contribution in [0.25, 0.3) is 5.76 Å². The van der Waals surface area contributed by atoms with Crippen LogP contribution < -0.4 is 9.64 Å². The number of aliphatic hydroxyl groups is 1. The summed E-state index contributed by atoms with van der Waals surface area (Å²) in [5.41, 5.74) is -0.0246. The fraction of sp³-hybridized carbons (Fsp3) is 0.160. The zero-order chi connectivity index (χ0) is 23.5. The predicted octanol–water partition coefficient (Wildman–Crippen LogP) is 4.77. The monoisotopic (exact) mass is 450 g/mol. The van der Waals surface area contributed by atoms with Crippen LogP contribution in [-0.2, 0) is 9.59 Å². The van der Waals surface area contributed by atoms with E-state index in [0.29, 0.717) is 18.4 Å². The highest BCUT2D eigenvalue weighted by atomic mass is 19.1. The van der Waals surface area contributed by atoms with Gasteiger partial charge >= 0.3 is 0 Å². The summed E-state index contributed by atoms with van der Waals surface area (Å²) in [6.07, 6.45) is 2.28. The summed E-state index contributed by atoms with van der Waals surface area (Å²) in [4.78, 5) is 31.1. The van der Waals surface area contributed by atoms with E-state index >= 15 is 0 Å². The van der Waals surface area contributed by atoms with E-state index in [4.69, 9.17) is 4.74 Å². The first kappa shape index (κ1) is 22.1. The number of hydrogen-bond donors (Lipinski definition) is 1. The van der Waals surface area contributed by atoms with Gasteiger partial charge in [0.05, 0.1) is 23.6 Å². The molecule has 1 fully saturated rings. The number of aromatic nitrogens is 1. The molecular weight excluding hydrogens is 430 g/mol. The highest BCUT2D eigenvalue weighted by Crippen LogP contribution is 2.42. The van der Waals surface area contributed by atoms with Gasteiger partial charge < -0.3 is 9.84 Å². The Kier molecular flexibility index (Phi) is 6.17. The molecule has 1 aromatic heterocycles. The molecule has 6 nitrogen and oxygen atoms in total. The molecule has 0 radical (unpaired) electrons. The quantitative estimate of drug-likeness (QED) is 0.332. The molecule has 1 aliphatic rings. The van der Waals surface area contributed by atoms with Crippen molar-refractivity contribution in [3.63, 3.8) is 0 Å². The molecule has 1 atom stereocenters. The van der Waals surface area contributed by atoms with E-state index in [1.165, 1.54) is 6.20 Å². The Labute approximate surface area is 188 Å². The van der Waals surface area contributed by atoms with Crippen molar-refractivity contribution in [2.45, 2.75) is 19.4 Å². The van der Waals surface area contributed by atoms with Crippen LogP contribution in [0.1, 0.15) is 30.6 Å². The number of rotatable bonds is 6. The van der Waals surface area contributed by atoms with Crippen LogP contribution in [0.15, 0.2) is 72.4 Å². The van der Waals surface area contributed by atoms with Gasteiger partial charge in [0.25, 0.3) is 11.7 Å². The molecule has 168 valence electrons. The Balaban J connectivity index is 1.85. The third kappa shape index (κ3) is 4.19. The Morgan fingerprint density at radius 1 is 1.09 bits per heavy atom. The second kappa shape index (κ2) is 9.20. The third-order valence-corrected chi connectivity index (χ3v) is 5.18. The number of Topliss-reactive ketones (excluding diaryl/α,β-unsaturated/α-hetero) is 1. The van der Waals surface area contributed by atoms with E-state index in [9.17, 15) is 23.5 Å². The number of hydrogen-bond acceptors (Lipinski definition) is 5. The van der Waals surface area contributed by atoms with Gasteiger partial charge in [0.1, 0.15) is 29.2 Å². The molecule has 8 heteroatoms. The number of ether oxygens (including phenoxy) is 1. The minimum atomic E-state index is -1.21. The van der Waals surface area contributed by atoms with Gasteiger partial charge in [-0.15, -0.1) is 0 Å². The van der Waals surface area contributed by atoms with Gasteiger partial charge in [-0.3, -0.25) is 19.5 Å². The van der Waals surface area contributed by atoms with Crippen molar-refractivity contribution in [1.29, 1.82) is 0 Å². The fourth-order valence-electron chi connectivity index (χ4n) is 3.66. The van der Waals surface area contributed by atoms with E-state index in [2.05, 4.69) is 4.98 Å². The normalized spacial score (nSPS) is 17.4. The number of aliphatic hydroxyl groups excluding tert-OH is 1. The molecule has 0 aliphatic carbocycles. The standard InChI is InChI=1S/C25H20F2N2O4/c1-2-13-33-17-9-6-15(7-10-17)23(30)21-22(19-5-3-4-12-28-19)29(25(32)24(21)31)20-11-8-16(26)14-18(20)27/h3-12,14,22,30H,2,13H2,1H3/b23-21+. The highest BCUT2D eigenvalue weighted by Gasteiger charge is 2.48. The van der Waals surface area contributed by atoms with Crippen molar-refractivity contribution in [1.82, 2.24) is 4.98 Å². The first-order valence-electron chi connectivity index (χ1n) is 10.3. The molecule has 0 spiro atoms. The maximum Gasteiger partial charge on any atom is 0.300 e. The molecule has 3 aromatic rings. The molecule has 0 saturated carbocycles. The number of ketones is 1. The summed E-state index contributed by atoms with van der Waals surface area (Å²) >= 11 is 0. The molecule has 1 amide bonds. The van der Waals surface area contributed by atoms with Crippen LogP contribution in [0.5, 0.6) is 5.75 Å². The van der Waals surface area contributed by atoms with E-state index in [1.807, 2.05) is 6.92 Å². The maximum absolute atomic E-state index is 14.6. The van der Waals surface area contributed by atoms with Crippen molar-refractivity contribution in [3.8, 4) is 5.75 Å². The van der Waals surface area contributed by atoms with Crippen molar-refractivity contribution in [2.24, 2.45) is 0 Å². The summed E-state index contributed by atoms with van der Waals surface area (Å²) in [5.74, 6) is -3.75. The second-order valence-electron chi connectivity index (χ2n) is 7.39. The van der Waals surface area contributed by atoms with Gasteiger partial charge in [0, 0.05) is 17.8 Å². The number of carbonyl (C=O) groups is 2. The molecule has 1 aliphatic heterocycles. The number of nitrogens with zero attached hydrogens (tertiary/aromatic N) is 2. The molecule has 1 N–H and O–H groups in total. The van der Waals surface area contributed by atoms with E-state index in [1.54, 1.807) is 42.5 Å². The maximum atomic E-state index is 14.6. The Bertz CT molecular complexity index is 1230. The molecule has 1 unspecified atom stereocenters. The van der Waals surface area contributed by atoms with Crippen LogP contribution in [-0.4, -0.2) is 28.4 Å². The molecular formula is C25H20F2N2O4. The summed E-state index contributed by atoms with van der Waals surface area (Å²) in [5, 5.41) is 11.0. The molecule has 2 heterocycles. The lowest BCUT2D eigenvalue weighted by molar-refractivity contribution is -0.132. The average Bonchev–Trinajstić information content (AvgIpc) is 3.08.